The van der Waals surface area contributed by atoms with E-state index in [2.05, 4.69) is 0 Å². The molecule has 0 aliphatic heterocycles. The van der Waals surface area contributed by atoms with Gasteiger partial charge in [0, 0.05) is 6.04 Å². The van der Waals surface area contributed by atoms with Gasteiger partial charge in [0.1, 0.15) is 11.5 Å². The first kappa shape index (κ1) is 14.7. The number of hydrogen-bond acceptors (Lipinski definition) is 3. The number of rotatable bonds is 5. The van der Waals surface area contributed by atoms with E-state index < -0.39 is 0 Å². The van der Waals surface area contributed by atoms with Gasteiger partial charge in [-0.2, -0.15) is 0 Å². The highest BCUT2D eigenvalue weighted by atomic mass is 35.5. The molecule has 4 heteroatoms. The summed E-state index contributed by atoms with van der Waals surface area (Å²) in [6.07, 6.45) is 0.724. The van der Waals surface area contributed by atoms with Crippen molar-refractivity contribution in [3.63, 3.8) is 0 Å². The van der Waals surface area contributed by atoms with Gasteiger partial charge in [-0.15, -0.1) is 0 Å². The second-order valence-electron chi connectivity index (χ2n) is 4.56. The molecule has 0 aliphatic carbocycles. The Morgan fingerprint density at radius 2 is 1.90 bits per heavy atom. The van der Waals surface area contributed by atoms with Crippen LogP contribution >= 0.6 is 11.6 Å². The molecule has 0 aliphatic rings. The van der Waals surface area contributed by atoms with Gasteiger partial charge in [-0.05, 0) is 41.8 Å². The van der Waals surface area contributed by atoms with Crippen LogP contribution in [0.2, 0.25) is 5.02 Å². The van der Waals surface area contributed by atoms with Crippen molar-refractivity contribution in [2.45, 2.75) is 12.5 Å². The lowest BCUT2D eigenvalue weighted by molar-refractivity contribution is 0.413. The van der Waals surface area contributed by atoms with Crippen LogP contribution in [0.1, 0.15) is 17.2 Å². The molecule has 0 bridgehead atoms. The highest BCUT2D eigenvalue weighted by molar-refractivity contribution is 6.32. The van der Waals surface area contributed by atoms with Crippen molar-refractivity contribution in [3.05, 3.63) is 58.6 Å². The largest absolute Gasteiger partial charge is 0.497 e. The predicted octanol–water partition coefficient (Wildman–Crippen LogP) is 3.60. The minimum atomic E-state index is -0.117. The van der Waals surface area contributed by atoms with Gasteiger partial charge in [0.25, 0.3) is 0 Å². The summed E-state index contributed by atoms with van der Waals surface area (Å²) in [6, 6.07) is 13.4. The van der Waals surface area contributed by atoms with E-state index in [4.69, 9.17) is 26.8 Å². The highest BCUT2D eigenvalue weighted by Gasteiger charge is 2.10. The Labute approximate surface area is 124 Å². The van der Waals surface area contributed by atoms with Gasteiger partial charge in [0.05, 0.1) is 19.2 Å². The van der Waals surface area contributed by atoms with Crippen molar-refractivity contribution in [1.29, 1.82) is 0 Å². The molecule has 0 heterocycles. The molecule has 2 aromatic carbocycles. The van der Waals surface area contributed by atoms with Crippen molar-refractivity contribution < 1.29 is 9.47 Å². The Kier molecular flexibility index (Phi) is 4.88. The summed E-state index contributed by atoms with van der Waals surface area (Å²) < 4.78 is 10.4. The first-order valence-corrected chi connectivity index (χ1v) is 6.73. The summed E-state index contributed by atoms with van der Waals surface area (Å²) in [7, 11) is 3.25. The molecular formula is C16H18ClNO2. The molecule has 0 saturated carbocycles. The van der Waals surface area contributed by atoms with Crippen LogP contribution < -0.4 is 15.2 Å². The fourth-order valence-corrected chi connectivity index (χ4v) is 2.27. The zero-order chi connectivity index (χ0) is 14.5. The Morgan fingerprint density at radius 1 is 1.10 bits per heavy atom. The van der Waals surface area contributed by atoms with Crippen molar-refractivity contribution in [2.75, 3.05) is 14.2 Å². The maximum absolute atomic E-state index is 6.25. The van der Waals surface area contributed by atoms with Crippen LogP contribution in [0.25, 0.3) is 0 Å². The standard InChI is InChI=1S/C16H18ClNO2/c1-19-13-5-3-4-11(8-13)9-15(18)12-6-7-14(17)16(10-12)20-2/h3-8,10,15H,9,18H2,1-2H3. The first-order chi connectivity index (χ1) is 9.63. The van der Waals surface area contributed by atoms with E-state index in [0.717, 1.165) is 23.3 Å². The second kappa shape index (κ2) is 6.64. The number of hydrogen-bond donors (Lipinski definition) is 1. The molecule has 0 spiro atoms. The molecule has 0 aromatic heterocycles. The first-order valence-electron chi connectivity index (χ1n) is 6.36. The van der Waals surface area contributed by atoms with Crippen LogP contribution in [0.4, 0.5) is 0 Å². The summed E-state index contributed by atoms with van der Waals surface area (Å²) in [6.45, 7) is 0. The molecule has 0 amide bonds. The Hall–Kier alpha value is -1.71. The molecule has 2 N–H and O–H groups in total. The van der Waals surface area contributed by atoms with Gasteiger partial charge in [-0.1, -0.05) is 29.8 Å². The normalized spacial score (nSPS) is 12.0. The van der Waals surface area contributed by atoms with Crippen molar-refractivity contribution in [2.24, 2.45) is 5.73 Å². The molecule has 2 aromatic rings. The van der Waals surface area contributed by atoms with E-state index in [0.29, 0.717) is 10.8 Å². The third-order valence-corrected chi connectivity index (χ3v) is 3.51. The van der Waals surface area contributed by atoms with Gasteiger partial charge in [0.2, 0.25) is 0 Å². The molecule has 106 valence electrons. The molecular weight excluding hydrogens is 274 g/mol. The van der Waals surface area contributed by atoms with Crippen LogP contribution in [-0.2, 0) is 6.42 Å². The molecule has 20 heavy (non-hydrogen) atoms. The number of benzene rings is 2. The monoisotopic (exact) mass is 291 g/mol. The van der Waals surface area contributed by atoms with E-state index in [1.807, 2.05) is 36.4 Å². The molecule has 3 nitrogen and oxygen atoms in total. The number of methoxy groups -OCH3 is 2. The fourth-order valence-electron chi connectivity index (χ4n) is 2.08. The third-order valence-electron chi connectivity index (χ3n) is 3.19. The Bertz CT molecular complexity index is 586. The maximum atomic E-state index is 6.25. The Morgan fingerprint density at radius 3 is 2.60 bits per heavy atom. The maximum Gasteiger partial charge on any atom is 0.137 e. The fraction of sp³-hybridized carbons (Fsp3) is 0.250. The van der Waals surface area contributed by atoms with Crippen LogP contribution in [0.15, 0.2) is 42.5 Å². The second-order valence-corrected chi connectivity index (χ2v) is 4.96. The lowest BCUT2D eigenvalue weighted by atomic mass is 9.99. The van der Waals surface area contributed by atoms with E-state index >= 15 is 0 Å². The minimum Gasteiger partial charge on any atom is -0.497 e. The summed E-state index contributed by atoms with van der Waals surface area (Å²) in [5, 5.41) is 0.588. The number of nitrogens with two attached hydrogens (primary N) is 1. The molecule has 1 atom stereocenters. The highest BCUT2D eigenvalue weighted by Crippen LogP contribution is 2.28. The van der Waals surface area contributed by atoms with Gasteiger partial charge < -0.3 is 15.2 Å². The van der Waals surface area contributed by atoms with E-state index in [-0.39, 0.29) is 6.04 Å². The van der Waals surface area contributed by atoms with Gasteiger partial charge in [0.15, 0.2) is 0 Å². The van der Waals surface area contributed by atoms with Gasteiger partial charge >= 0.3 is 0 Å². The summed E-state index contributed by atoms with van der Waals surface area (Å²) >= 11 is 6.02. The molecule has 0 radical (unpaired) electrons. The summed E-state index contributed by atoms with van der Waals surface area (Å²) in [4.78, 5) is 0. The zero-order valence-electron chi connectivity index (χ0n) is 11.6. The van der Waals surface area contributed by atoms with Crippen molar-refractivity contribution >= 4 is 11.6 Å². The average molecular weight is 292 g/mol. The van der Waals surface area contributed by atoms with Crippen molar-refractivity contribution in [3.8, 4) is 11.5 Å². The van der Waals surface area contributed by atoms with Gasteiger partial charge in [-0.25, -0.2) is 0 Å². The zero-order valence-corrected chi connectivity index (χ0v) is 12.4. The quantitative estimate of drug-likeness (QED) is 0.915. The van der Waals surface area contributed by atoms with Gasteiger partial charge in [-0.3, -0.25) is 0 Å². The molecule has 0 saturated heterocycles. The van der Waals surface area contributed by atoms with E-state index in [1.165, 1.54) is 0 Å². The van der Waals surface area contributed by atoms with Crippen LogP contribution in [0.5, 0.6) is 11.5 Å². The summed E-state index contributed by atoms with van der Waals surface area (Å²) in [5.74, 6) is 1.48. The molecule has 1 unspecified atom stereocenters. The molecule has 2 rings (SSSR count). The third kappa shape index (κ3) is 3.44. The Balaban J connectivity index is 2.16. The van der Waals surface area contributed by atoms with Crippen LogP contribution in [0.3, 0.4) is 0 Å². The smallest absolute Gasteiger partial charge is 0.137 e. The lowest BCUT2D eigenvalue weighted by Gasteiger charge is -2.14. The number of ether oxygens (including phenoxy) is 2. The predicted molar refractivity (Wildman–Crippen MR) is 81.6 cm³/mol. The average Bonchev–Trinajstić information content (AvgIpc) is 2.47. The topological polar surface area (TPSA) is 44.5 Å². The SMILES string of the molecule is COc1cccc(CC(N)c2ccc(Cl)c(OC)c2)c1. The van der Waals surface area contributed by atoms with E-state index in [1.54, 1.807) is 20.3 Å². The summed E-state index contributed by atoms with van der Waals surface area (Å²) in [5.41, 5.74) is 8.38. The van der Waals surface area contributed by atoms with Crippen molar-refractivity contribution in [1.82, 2.24) is 0 Å². The minimum absolute atomic E-state index is 0.117. The lowest BCUT2D eigenvalue weighted by Crippen LogP contribution is -2.13. The van der Waals surface area contributed by atoms with E-state index in [9.17, 15) is 0 Å². The van der Waals surface area contributed by atoms with Crippen LogP contribution in [0, 0.1) is 0 Å². The number of halogens is 1. The van der Waals surface area contributed by atoms with Crippen LogP contribution in [-0.4, -0.2) is 14.2 Å². The molecule has 0 fully saturated rings.